The Bertz CT molecular complexity index is 594. The molecule has 0 bridgehead atoms. The molecule has 0 aliphatic carbocycles. The van der Waals surface area contributed by atoms with Crippen LogP contribution in [0.15, 0.2) is 4.99 Å². The molecule has 2 rings (SSSR count). The van der Waals surface area contributed by atoms with E-state index >= 15 is 0 Å². The van der Waals surface area contributed by atoms with E-state index in [2.05, 4.69) is 39.6 Å². The second-order valence-electron chi connectivity index (χ2n) is 8.29. The molecule has 1 fully saturated rings. The minimum absolute atomic E-state index is 0.526. The average Bonchev–Trinajstić information content (AvgIpc) is 3.03. The molecule has 1 aromatic heterocycles. The molecule has 2 N–H and O–H groups in total. The average molecular weight is 408 g/mol. The number of hydrogen-bond acceptors (Lipinski definition) is 5. The quantitative estimate of drug-likeness (QED) is 0.314. The highest BCUT2D eigenvalue weighted by atomic mass is 16.5. The summed E-state index contributed by atoms with van der Waals surface area (Å²) in [6.07, 6.45) is 6.42. The predicted octanol–water partition coefficient (Wildman–Crippen LogP) is 2.10. The lowest BCUT2D eigenvalue weighted by atomic mass is 10.0. The molecule has 1 saturated heterocycles. The van der Waals surface area contributed by atoms with Gasteiger partial charge in [0, 0.05) is 39.8 Å². The van der Waals surface area contributed by atoms with Gasteiger partial charge >= 0.3 is 0 Å². The third kappa shape index (κ3) is 9.58. The van der Waals surface area contributed by atoms with Gasteiger partial charge in [-0.1, -0.05) is 39.5 Å². The van der Waals surface area contributed by atoms with Gasteiger partial charge in [-0.05, 0) is 19.3 Å². The molecule has 1 aliphatic heterocycles. The minimum atomic E-state index is 0.526. The van der Waals surface area contributed by atoms with Crippen LogP contribution in [0.3, 0.4) is 0 Å². The van der Waals surface area contributed by atoms with Crippen LogP contribution >= 0.6 is 0 Å². The molecule has 8 heteroatoms. The van der Waals surface area contributed by atoms with Crippen molar-refractivity contribution in [2.75, 3.05) is 45.9 Å². The van der Waals surface area contributed by atoms with Crippen LogP contribution < -0.4 is 10.6 Å². The second-order valence-corrected chi connectivity index (χ2v) is 8.29. The monoisotopic (exact) mass is 407 g/mol. The Balaban J connectivity index is 1.75. The summed E-state index contributed by atoms with van der Waals surface area (Å²) in [7, 11) is 1.98. The van der Waals surface area contributed by atoms with E-state index in [0.29, 0.717) is 6.54 Å². The third-order valence-corrected chi connectivity index (χ3v) is 5.39. The van der Waals surface area contributed by atoms with Crippen LogP contribution in [0.25, 0.3) is 0 Å². The molecule has 0 spiro atoms. The molecule has 0 atom stereocenters. The van der Waals surface area contributed by atoms with Crippen LogP contribution in [0.2, 0.25) is 0 Å². The molecule has 8 nitrogen and oxygen atoms in total. The van der Waals surface area contributed by atoms with Crippen molar-refractivity contribution in [2.24, 2.45) is 18.0 Å². The number of ether oxygens (including phenoxy) is 1. The SMILES string of the molecule is Cc1nnc(CN=C(NCCCCCCC(C)C)NCCN2CCOCC2)n1C. The number of guanidine groups is 1. The maximum absolute atomic E-state index is 5.42. The van der Waals surface area contributed by atoms with E-state index in [1.54, 1.807) is 0 Å². The van der Waals surface area contributed by atoms with E-state index in [-0.39, 0.29) is 0 Å². The van der Waals surface area contributed by atoms with Crippen LogP contribution in [0, 0.1) is 12.8 Å². The lowest BCUT2D eigenvalue weighted by Crippen LogP contribution is -2.44. The Kier molecular flexibility index (Phi) is 11.0. The van der Waals surface area contributed by atoms with Gasteiger partial charge in [0.05, 0.1) is 13.2 Å². The summed E-state index contributed by atoms with van der Waals surface area (Å²) >= 11 is 0. The number of unbranched alkanes of at least 4 members (excludes halogenated alkanes) is 3. The summed E-state index contributed by atoms with van der Waals surface area (Å²) in [4.78, 5) is 7.16. The summed E-state index contributed by atoms with van der Waals surface area (Å²) in [5.74, 6) is 3.46. The number of aryl methyl sites for hydroxylation is 1. The topological polar surface area (TPSA) is 79.6 Å². The second kappa shape index (κ2) is 13.5. The maximum Gasteiger partial charge on any atom is 0.191 e. The van der Waals surface area contributed by atoms with Crippen molar-refractivity contribution in [2.45, 2.75) is 59.4 Å². The van der Waals surface area contributed by atoms with Gasteiger partial charge in [-0.25, -0.2) is 4.99 Å². The zero-order chi connectivity index (χ0) is 20.9. The van der Waals surface area contributed by atoms with Crippen molar-refractivity contribution in [3.8, 4) is 0 Å². The summed E-state index contributed by atoms with van der Waals surface area (Å²) in [5, 5.41) is 15.3. The molecular formula is C21H41N7O. The fraction of sp³-hybridized carbons (Fsp3) is 0.857. The molecule has 1 aromatic rings. The summed E-state index contributed by atoms with van der Waals surface area (Å²) in [6, 6.07) is 0. The lowest BCUT2D eigenvalue weighted by Gasteiger charge is -2.26. The first kappa shape index (κ1) is 23.6. The summed E-state index contributed by atoms with van der Waals surface area (Å²) in [6.45, 7) is 13.6. The Morgan fingerprint density at radius 1 is 1.07 bits per heavy atom. The first-order chi connectivity index (χ1) is 14.1. The van der Waals surface area contributed by atoms with Crippen molar-refractivity contribution < 1.29 is 4.74 Å². The van der Waals surface area contributed by atoms with Crippen molar-refractivity contribution in [3.63, 3.8) is 0 Å². The largest absolute Gasteiger partial charge is 0.379 e. The van der Waals surface area contributed by atoms with Crippen molar-refractivity contribution >= 4 is 5.96 Å². The highest BCUT2D eigenvalue weighted by Gasteiger charge is 2.10. The van der Waals surface area contributed by atoms with Gasteiger partial charge in [0.15, 0.2) is 11.8 Å². The van der Waals surface area contributed by atoms with Gasteiger partial charge in [0.1, 0.15) is 12.4 Å². The van der Waals surface area contributed by atoms with E-state index in [4.69, 9.17) is 9.73 Å². The van der Waals surface area contributed by atoms with Crippen LogP contribution in [0.5, 0.6) is 0 Å². The Morgan fingerprint density at radius 2 is 1.79 bits per heavy atom. The van der Waals surface area contributed by atoms with Crippen molar-refractivity contribution in [1.82, 2.24) is 30.3 Å². The fourth-order valence-corrected chi connectivity index (χ4v) is 3.31. The van der Waals surface area contributed by atoms with Gasteiger partial charge < -0.3 is 19.9 Å². The molecule has 0 saturated carbocycles. The minimum Gasteiger partial charge on any atom is -0.379 e. The number of nitrogens with one attached hydrogen (secondary N) is 2. The molecule has 29 heavy (non-hydrogen) atoms. The number of morpholine rings is 1. The Hall–Kier alpha value is -1.67. The van der Waals surface area contributed by atoms with E-state index in [1.807, 2.05) is 18.5 Å². The number of aromatic nitrogens is 3. The van der Waals surface area contributed by atoms with E-state index < -0.39 is 0 Å². The maximum atomic E-state index is 5.42. The van der Waals surface area contributed by atoms with Crippen LogP contribution in [0.4, 0.5) is 0 Å². The zero-order valence-electron chi connectivity index (χ0n) is 18.9. The molecule has 0 amide bonds. The number of hydrogen-bond donors (Lipinski definition) is 2. The molecule has 0 unspecified atom stereocenters. The molecule has 166 valence electrons. The van der Waals surface area contributed by atoms with Gasteiger partial charge in [0.25, 0.3) is 0 Å². The first-order valence-corrected chi connectivity index (χ1v) is 11.2. The molecule has 2 heterocycles. The van der Waals surface area contributed by atoms with Crippen molar-refractivity contribution in [3.05, 3.63) is 11.6 Å². The van der Waals surface area contributed by atoms with Gasteiger partial charge in [-0.2, -0.15) is 0 Å². The van der Waals surface area contributed by atoms with Crippen LogP contribution in [-0.2, 0) is 18.3 Å². The smallest absolute Gasteiger partial charge is 0.191 e. The first-order valence-electron chi connectivity index (χ1n) is 11.2. The highest BCUT2D eigenvalue weighted by Crippen LogP contribution is 2.09. The van der Waals surface area contributed by atoms with Crippen molar-refractivity contribution in [1.29, 1.82) is 0 Å². The number of rotatable bonds is 12. The predicted molar refractivity (Wildman–Crippen MR) is 118 cm³/mol. The molecular weight excluding hydrogens is 366 g/mol. The molecule has 0 aromatic carbocycles. The molecule has 1 aliphatic rings. The fourth-order valence-electron chi connectivity index (χ4n) is 3.31. The highest BCUT2D eigenvalue weighted by molar-refractivity contribution is 5.79. The lowest BCUT2D eigenvalue weighted by molar-refractivity contribution is 0.0389. The number of nitrogens with zero attached hydrogens (tertiary/aromatic N) is 5. The standard InChI is InChI=1S/C21H41N7O/c1-18(2)9-7-5-6-8-10-22-21(23-11-12-28-13-15-29-16-14-28)24-17-20-26-25-19(3)27(20)4/h18H,5-17H2,1-4H3,(H2,22,23,24). The van der Waals surface area contributed by atoms with Gasteiger partial charge in [0.2, 0.25) is 0 Å². The van der Waals surface area contributed by atoms with E-state index in [0.717, 1.165) is 69.5 Å². The summed E-state index contributed by atoms with van der Waals surface area (Å²) in [5.41, 5.74) is 0. The van der Waals surface area contributed by atoms with Gasteiger partial charge in [-0.15, -0.1) is 10.2 Å². The van der Waals surface area contributed by atoms with Crippen LogP contribution in [-0.4, -0.2) is 71.6 Å². The Morgan fingerprint density at radius 3 is 2.48 bits per heavy atom. The molecule has 0 radical (unpaired) electrons. The van der Waals surface area contributed by atoms with E-state index in [1.165, 1.54) is 32.1 Å². The third-order valence-electron chi connectivity index (χ3n) is 5.39. The normalized spacial score (nSPS) is 15.8. The van der Waals surface area contributed by atoms with Crippen LogP contribution in [0.1, 0.15) is 57.6 Å². The zero-order valence-corrected chi connectivity index (χ0v) is 18.9. The summed E-state index contributed by atoms with van der Waals surface area (Å²) < 4.78 is 7.41. The van der Waals surface area contributed by atoms with Gasteiger partial charge in [-0.3, -0.25) is 4.90 Å². The Labute approximate surface area is 176 Å². The number of aliphatic imine (C=N–C) groups is 1. The van der Waals surface area contributed by atoms with E-state index in [9.17, 15) is 0 Å².